The summed E-state index contributed by atoms with van der Waals surface area (Å²) in [5.74, 6) is 2.07. The second kappa shape index (κ2) is 4.83. The van der Waals surface area contributed by atoms with Crippen molar-refractivity contribution in [3.63, 3.8) is 0 Å². The Balaban J connectivity index is 2.36. The van der Waals surface area contributed by atoms with Gasteiger partial charge in [-0.05, 0) is 24.2 Å². The van der Waals surface area contributed by atoms with Gasteiger partial charge in [0, 0.05) is 0 Å². The van der Waals surface area contributed by atoms with E-state index in [2.05, 4.69) is 18.7 Å². The third-order valence-corrected chi connectivity index (χ3v) is 3.25. The van der Waals surface area contributed by atoms with Crippen molar-refractivity contribution in [1.82, 2.24) is 0 Å². The highest BCUT2D eigenvalue weighted by Gasteiger charge is 2.26. The van der Waals surface area contributed by atoms with Gasteiger partial charge in [-0.25, -0.2) is 4.89 Å². The minimum Gasteiger partial charge on any atom is -0.252 e. The molecule has 0 spiro atoms. The Kier molecular flexibility index (Phi) is 4.02. The molecule has 2 nitrogen and oxygen atoms in total. The van der Waals surface area contributed by atoms with Crippen LogP contribution in [-0.4, -0.2) is 11.9 Å². The first kappa shape index (κ1) is 10.0. The highest BCUT2D eigenvalue weighted by Crippen LogP contribution is 2.34. The van der Waals surface area contributed by atoms with E-state index in [4.69, 9.17) is 5.26 Å². The SMILES string of the molecule is CC1CCCCC1C(C)COO. The summed E-state index contributed by atoms with van der Waals surface area (Å²) in [5, 5.41) is 8.35. The Labute approximate surface area is 74.9 Å². The maximum absolute atomic E-state index is 8.35. The molecule has 3 unspecified atom stereocenters. The van der Waals surface area contributed by atoms with Gasteiger partial charge in [0.15, 0.2) is 0 Å². The van der Waals surface area contributed by atoms with E-state index in [-0.39, 0.29) is 0 Å². The van der Waals surface area contributed by atoms with Gasteiger partial charge < -0.3 is 0 Å². The van der Waals surface area contributed by atoms with Crippen LogP contribution < -0.4 is 0 Å². The van der Waals surface area contributed by atoms with E-state index in [1.165, 1.54) is 25.7 Å². The fourth-order valence-electron chi connectivity index (χ4n) is 2.43. The van der Waals surface area contributed by atoms with E-state index in [9.17, 15) is 0 Å². The maximum Gasteiger partial charge on any atom is 0.0848 e. The van der Waals surface area contributed by atoms with Crippen molar-refractivity contribution in [2.45, 2.75) is 39.5 Å². The second-order valence-electron chi connectivity index (χ2n) is 4.20. The van der Waals surface area contributed by atoms with Crippen LogP contribution >= 0.6 is 0 Å². The average Bonchev–Trinajstić information content (AvgIpc) is 2.05. The molecule has 0 heterocycles. The Morgan fingerprint density at radius 2 is 2.08 bits per heavy atom. The van der Waals surface area contributed by atoms with Crippen LogP contribution in [-0.2, 0) is 4.89 Å². The predicted molar refractivity (Wildman–Crippen MR) is 48.9 cm³/mol. The normalized spacial score (nSPS) is 33.2. The van der Waals surface area contributed by atoms with E-state index >= 15 is 0 Å². The molecule has 0 aliphatic heterocycles. The van der Waals surface area contributed by atoms with Crippen molar-refractivity contribution in [2.75, 3.05) is 6.61 Å². The summed E-state index contributed by atoms with van der Waals surface area (Å²) in [4.78, 5) is 4.21. The van der Waals surface area contributed by atoms with Crippen LogP contribution in [0.1, 0.15) is 39.5 Å². The Morgan fingerprint density at radius 1 is 1.42 bits per heavy atom. The zero-order valence-corrected chi connectivity index (χ0v) is 8.12. The fourth-order valence-corrected chi connectivity index (χ4v) is 2.43. The molecule has 1 N–H and O–H groups in total. The quantitative estimate of drug-likeness (QED) is 0.524. The molecule has 0 bridgehead atoms. The van der Waals surface area contributed by atoms with Crippen LogP contribution in [0.25, 0.3) is 0 Å². The van der Waals surface area contributed by atoms with Gasteiger partial charge in [-0.1, -0.05) is 33.1 Å². The molecular weight excluding hydrogens is 152 g/mol. The summed E-state index contributed by atoms with van der Waals surface area (Å²) in [6.07, 6.45) is 5.39. The van der Waals surface area contributed by atoms with E-state index in [1.807, 2.05) is 0 Å². The van der Waals surface area contributed by atoms with Crippen LogP contribution in [0, 0.1) is 17.8 Å². The van der Waals surface area contributed by atoms with Gasteiger partial charge in [-0.3, -0.25) is 5.26 Å². The average molecular weight is 172 g/mol. The van der Waals surface area contributed by atoms with Gasteiger partial charge >= 0.3 is 0 Å². The lowest BCUT2D eigenvalue weighted by Gasteiger charge is -2.32. The summed E-state index contributed by atoms with van der Waals surface area (Å²) in [5.41, 5.74) is 0. The number of rotatable bonds is 3. The van der Waals surface area contributed by atoms with Crippen molar-refractivity contribution in [2.24, 2.45) is 17.8 Å². The molecule has 72 valence electrons. The molecule has 0 radical (unpaired) electrons. The monoisotopic (exact) mass is 172 g/mol. The lowest BCUT2D eigenvalue weighted by molar-refractivity contribution is -0.254. The summed E-state index contributed by atoms with van der Waals surface area (Å²) >= 11 is 0. The first-order valence-electron chi connectivity index (χ1n) is 5.02. The summed E-state index contributed by atoms with van der Waals surface area (Å²) in [6.45, 7) is 4.98. The van der Waals surface area contributed by atoms with Gasteiger partial charge in [-0.15, -0.1) is 0 Å². The minimum absolute atomic E-state index is 0.495. The molecule has 0 aromatic heterocycles. The molecule has 1 aliphatic rings. The van der Waals surface area contributed by atoms with Crippen molar-refractivity contribution < 1.29 is 10.1 Å². The summed E-state index contributed by atoms with van der Waals surface area (Å²) in [7, 11) is 0. The molecule has 3 atom stereocenters. The van der Waals surface area contributed by atoms with E-state index in [1.54, 1.807) is 0 Å². The van der Waals surface area contributed by atoms with Gasteiger partial charge in [0.25, 0.3) is 0 Å². The van der Waals surface area contributed by atoms with Gasteiger partial charge in [0.2, 0.25) is 0 Å². The Morgan fingerprint density at radius 3 is 2.67 bits per heavy atom. The summed E-state index contributed by atoms with van der Waals surface area (Å²) in [6, 6.07) is 0. The van der Waals surface area contributed by atoms with Crippen molar-refractivity contribution in [3.8, 4) is 0 Å². The van der Waals surface area contributed by atoms with Crippen LogP contribution in [0.2, 0.25) is 0 Å². The third kappa shape index (κ3) is 2.46. The van der Waals surface area contributed by atoms with Gasteiger partial charge in [0.1, 0.15) is 0 Å². The summed E-state index contributed by atoms with van der Waals surface area (Å²) < 4.78 is 0. The molecule has 12 heavy (non-hydrogen) atoms. The van der Waals surface area contributed by atoms with E-state index in [0.29, 0.717) is 12.5 Å². The zero-order chi connectivity index (χ0) is 8.97. The second-order valence-corrected chi connectivity index (χ2v) is 4.20. The minimum atomic E-state index is 0.495. The molecular formula is C10H20O2. The number of hydrogen-bond acceptors (Lipinski definition) is 2. The topological polar surface area (TPSA) is 29.5 Å². The van der Waals surface area contributed by atoms with Crippen LogP contribution in [0.15, 0.2) is 0 Å². The first-order chi connectivity index (χ1) is 5.75. The van der Waals surface area contributed by atoms with Crippen molar-refractivity contribution in [1.29, 1.82) is 0 Å². The zero-order valence-electron chi connectivity index (χ0n) is 8.12. The lowest BCUT2D eigenvalue weighted by Crippen LogP contribution is -2.26. The molecule has 1 aliphatic carbocycles. The molecule has 1 saturated carbocycles. The fraction of sp³-hybridized carbons (Fsp3) is 1.00. The van der Waals surface area contributed by atoms with Gasteiger partial charge in [0.05, 0.1) is 6.61 Å². The van der Waals surface area contributed by atoms with Crippen molar-refractivity contribution >= 4 is 0 Å². The molecule has 1 rings (SSSR count). The highest BCUT2D eigenvalue weighted by molar-refractivity contribution is 4.76. The molecule has 2 heteroatoms. The molecule has 0 saturated heterocycles. The highest BCUT2D eigenvalue weighted by atomic mass is 17.1. The lowest BCUT2D eigenvalue weighted by atomic mass is 9.74. The maximum atomic E-state index is 8.35. The standard InChI is InChI=1S/C10H20O2/c1-8-5-3-4-6-10(8)9(2)7-12-11/h8-11H,3-7H2,1-2H3. The molecule has 1 fully saturated rings. The smallest absolute Gasteiger partial charge is 0.0848 e. The number of hydrogen-bond donors (Lipinski definition) is 1. The molecule has 0 aromatic carbocycles. The molecule has 0 amide bonds. The largest absolute Gasteiger partial charge is 0.252 e. The van der Waals surface area contributed by atoms with Crippen LogP contribution in [0.3, 0.4) is 0 Å². The van der Waals surface area contributed by atoms with Crippen molar-refractivity contribution in [3.05, 3.63) is 0 Å². The third-order valence-electron chi connectivity index (χ3n) is 3.25. The predicted octanol–water partition coefficient (Wildman–Crippen LogP) is 2.94. The first-order valence-corrected chi connectivity index (χ1v) is 5.02. The van der Waals surface area contributed by atoms with Gasteiger partial charge in [-0.2, -0.15) is 0 Å². The van der Waals surface area contributed by atoms with Crippen LogP contribution in [0.4, 0.5) is 0 Å². The van der Waals surface area contributed by atoms with Crippen LogP contribution in [0.5, 0.6) is 0 Å². The Bertz CT molecular complexity index is 125. The Hall–Kier alpha value is -0.0800. The van der Waals surface area contributed by atoms with E-state index < -0.39 is 0 Å². The van der Waals surface area contributed by atoms with E-state index in [0.717, 1.165) is 11.8 Å². The molecule has 0 aromatic rings.